The second kappa shape index (κ2) is 6.72. The maximum absolute atomic E-state index is 12.5. The zero-order valence-electron chi connectivity index (χ0n) is 12.7. The third kappa shape index (κ3) is 3.42. The molecule has 1 aliphatic heterocycles. The van der Waals surface area contributed by atoms with Crippen molar-refractivity contribution in [3.8, 4) is 0 Å². The number of carbonyl (C=O) groups is 2. The number of methoxy groups -OCH3 is 1. The molecule has 2 unspecified atom stereocenters. The minimum absolute atomic E-state index is 0.0276. The average molecular weight is 290 g/mol. The predicted molar refractivity (Wildman–Crippen MR) is 79.7 cm³/mol. The van der Waals surface area contributed by atoms with E-state index in [1.165, 1.54) is 12.7 Å². The summed E-state index contributed by atoms with van der Waals surface area (Å²) >= 11 is 0. The van der Waals surface area contributed by atoms with Crippen molar-refractivity contribution in [2.75, 3.05) is 13.7 Å². The number of hydrogen-bond acceptors (Lipinski definition) is 4. The fourth-order valence-electron chi connectivity index (χ4n) is 2.60. The van der Waals surface area contributed by atoms with Gasteiger partial charge in [-0.25, -0.2) is 4.79 Å². The summed E-state index contributed by atoms with van der Waals surface area (Å²) in [6, 6.07) is 6.85. The Morgan fingerprint density at radius 1 is 1.33 bits per heavy atom. The van der Waals surface area contributed by atoms with Gasteiger partial charge in [0, 0.05) is 6.54 Å². The second-order valence-electron chi connectivity index (χ2n) is 5.59. The molecule has 0 bridgehead atoms. The molecule has 1 aromatic rings. The Balaban J connectivity index is 2.16. The molecule has 21 heavy (non-hydrogen) atoms. The highest BCUT2D eigenvalue weighted by atomic mass is 16.5. The molecule has 1 amide bonds. The quantitative estimate of drug-likeness (QED) is 0.817. The molecule has 0 aromatic heterocycles. The first-order valence-electron chi connectivity index (χ1n) is 7.24. The van der Waals surface area contributed by atoms with Crippen LogP contribution in [-0.2, 0) is 20.7 Å². The van der Waals surface area contributed by atoms with Crippen molar-refractivity contribution in [1.29, 1.82) is 0 Å². The van der Waals surface area contributed by atoms with Crippen LogP contribution in [-0.4, -0.2) is 31.6 Å². The van der Waals surface area contributed by atoms with Crippen LogP contribution in [0.5, 0.6) is 0 Å². The number of amides is 1. The molecule has 0 saturated heterocycles. The standard InChI is InChI=1S/C16H22N2O3/c1-10(2)13(16(20)21-3)18-15(19)14-12-7-5-4-6-11(12)8-9-17-14/h4-7,10,13-14,17H,8-9H2,1-3H3,(H,18,19). The van der Waals surface area contributed by atoms with E-state index in [4.69, 9.17) is 4.74 Å². The predicted octanol–water partition coefficient (Wildman–Crippen LogP) is 1.19. The van der Waals surface area contributed by atoms with Crippen molar-refractivity contribution in [1.82, 2.24) is 10.6 Å². The number of fused-ring (bicyclic) bond motifs is 1. The van der Waals surface area contributed by atoms with Crippen LogP contribution in [0.1, 0.15) is 31.0 Å². The molecule has 114 valence electrons. The van der Waals surface area contributed by atoms with Gasteiger partial charge in [0.1, 0.15) is 12.1 Å². The molecule has 2 rings (SSSR count). The number of esters is 1. The molecule has 5 heteroatoms. The van der Waals surface area contributed by atoms with Gasteiger partial charge >= 0.3 is 5.97 Å². The van der Waals surface area contributed by atoms with Crippen LogP contribution in [0.15, 0.2) is 24.3 Å². The van der Waals surface area contributed by atoms with E-state index in [9.17, 15) is 9.59 Å². The molecule has 0 saturated carbocycles. The highest BCUT2D eigenvalue weighted by Gasteiger charge is 2.31. The number of hydrogen-bond donors (Lipinski definition) is 2. The molecule has 1 aliphatic rings. The summed E-state index contributed by atoms with van der Waals surface area (Å²) < 4.78 is 4.76. The van der Waals surface area contributed by atoms with Crippen LogP contribution < -0.4 is 10.6 Å². The normalized spacial score (nSPS) is 18.8. The van der Waals surface area contributed by atoms with Crippen molar-refractivity contribution in [3.63, 3.8) is 0 Å². The van der Waals surface area contributed by atoms with Gasteiger partial charge < -0.3 is 15.4 Å². The van der Waals surface area contributed by atoms with Gasteiger partial charge in [0.15, 0.2) is 0 Å². The Labute approximate surface area is 125 Å². The Morgan fingerprint density at radius 3 is 2.71 bits per heavy atom. The minimum atomic E-state index is -0.626. The first kappa shape index (κ1) is 15.5. The summed E-state index contributed by atoms with van der Waals surface area (Å²) in [5, 5.41) is 6.01. The zero-order chi connectivity index (χ0) is 15.4. The van der Waals surface area contributed by atoms with E-state index in [1.54, 1.807) is 0 Å². The Bertz CT molecular complexity index is 528. The molecular formula is C16H22N2O3. The van der Waals surface area contributed by atoms with Crippen molar-refractivity contribution in [2.45, 2.75) is 32.4 Å². The second-order valence-corrected chi connectivity index (χ2v) is 5.59. The maximum atomic E-state index is 12.5. The first-order valence-corrected chi connectivity index (χ1v) is 7.24. The van der Waals surface area contributed by atoms with E-state index in [0.717, 1.165) is 18.5 Å². The van der Waals surface area contributed by atoms with E-state index >= 15 is 0 Å². The molecule has 2 atom stereocenters. The summed E-state index contributed by atoms with van der Waals surface area (Å²) in [4.78, 5) is 24.3. The molecular weight excluding hydrogens is 268 g/mol. The highest BCUT2D eigenvalue weighted by Crippen LogP contribution is 2.23. The van der Waals surface area contributed by atoms with Crippen molar-refractivity contribution >= 4 is 11.9 Å². The fraction of sp³-hybridized carbons (Fsp3) is 0.500. The molecule has 0 spiro atoms. The Morgan fingerprint density at radius 2 is 2.05 bits per heavy atom. The summed E-state index contributed by atoms with van der Waals surface area (Å²) in [5.74, 6) is -0.631. The Kier molecular flexibility index (Phi) is 4.96. The molecule has 0 fully saturated rings. The lowest BCUT2D eigenvalue weighted by Crippen LogP contribution is -2.50. The van der Waals surface area contributed by atoms with Crippen molar-refractivity contribution in [3.05, 3.63) is 35.4 Å². The highest BCUT2D eigenvalue weighted by molar-refractivity contribution is 5.88. The lowest BCUT2D eigenvalue weighted by atomic mass is 9.93. The number of ether oxygens (including phenoxy) is 1. The van der Waals surface area contributed by atoms with E-state index in [1.807, 2.05) is 38.1 Å². The minimum Gasteiger partial charge on any atom is -0.467 e. The van der Waals surface area contributed by atoms with Crippen molar-refractivity contribution < 1.29 is 14.3 Å². The fourth-order valence-corrected chi connectivity index (χ4v) is 2.60. The molecule has 2 N–H and O–H groups in total. The molecule has 0 aliphatic carbocycles. The van der Waals surface area contributed by atoms with Gasteiger partial charge in [-0.15, -0.1) is 0 Å². The van der Waals surface area contributed by atoms with E-state index in [0.29, 0.717) is 0 Å². The summed E-state index contributed by atoms with van der Waals surface area (Å²) in [6.45, 7) is 4.51. The Hall–Kier alpha value is -1.88. The topological polar surface area (TPSA) is 67.4 Å². The first-order chi connectivity index (χ1) is 10.0. The van der Waals surface area contributed by atoms with Crippen molar-refractivity contribution in [2.24, 2.45) is 5.92 Å². The largest absolute Gasteiger partial charge is 0.467 e. The van der Waals surface area contributed by atoms with E-state index < -0.39 is 18.1 Å². The van der Waals surface area contributed by atoms with Crippen LogP contribution in [0.25, 0.3) is 0 Å². The summed E-state index contributed by atoms with van der Waals surface area (Å²) in [7, 11) is 1.33. The third-order valence-corrected chi connectivity index (χ3v) is 3.79. The van der Waals surface area contributed by atoms with E-state index in [2.05, 4.69) is 10.6 Å². The van der Waals surface area contributed by atoms with Crippen LogP contribution in [0, 0.1) is 5.92 Å². The monoisotopic (exact) mass is 290 g/mol. The molecule has 1 heterocycles. The van der Waals surface area contributed by atoms with Gasteiger partial charge in [-0.05, 0) is 23.5 Å². The maximum Gasteiger partial charge on any atom is 0.328 e. The van der Waals surface area contributed by atoms with Crippen LogP contribution in [0.3, 0.4) is 0 Å². The summed E-state index contributed by atoms with van der Waals surface area (Å²) in [6.07, 6.45) is 0.907. The average Bonchev–Trinajstić information content (AvgIpc) is 2.50. The van der Waals surface area contributed by atoms with E-state index in [-0.39, 0.29) is 11.8 Å². The van der Waals surface area contributed by atoms with Gasteiger partial charge in [0.25, 0.3) is 0 Å². The van der Waals surface area contributed by atoms with Gasteiger partial charge in [0.05, 0.1) is 7.11 Å². The van der Waals surface area contributed by atoms with Gasteiger partial charge in [-0.2, -0.15) is 0 Å². The smallest absolute Gasteiger partial charge is 0.328 e. The lowest BCUT2D eigenvalue weighted by Gasteiger charge is -2.28. The zero-order valence-corrected chi connectivity index (χ0v) is 12.7. The molecule has 5 nitrogen and oxygen atoms in total. The van der Waals surface area contributed by atoms with Crippen LogP contribution in [0.2, 0.25) is 0 Å². The van der Waals surface area contributed by atoms with Crippen LogP contribution in [0.4, 0.5) is 0 Å². The van der Waals surface area contributed by atoms with Gasteiger partial charge in [-0.1, -0.05) is 38.1 Å². The lowest BCUT2D eigenvalue weighted by molar-refractivity contribution is -0.146. The summed E-state index contributed by atoms with van der Waals surface area (Å²) in [5.41, 5.74) is 2.16. The van der Waals surface area contributed by atoms with Crippen LogP contribution >= 0.6 is 0 Å². The SMILES string of the molecule is COC(=O)C(NC(=O)C1NCCc2ccccc21)C(C)C. The third-order valence-electron chi connectivity index (χ3n) is 3.79. The number of carbonyl (C=O) groups excluding carboxylic acids is 2. The number of rotatable bonds is 4. The number of nitrogens with one attached hydrogen (secondary N) is 2. The van der Waals surface area contributed by atoms with Gasteiger partial charge in [-0.3, -0.25) is 4.79 Å². The number of benzene rings is 1. The van der Waals surface area contributed by atoms with Gasteiger partial charge in [0.2, 0.25) is 5.91 Å². The molecule has 1 aromatic carbocycles. The molecule has 0 radical (unpaired) electrons.